The molecule has 0 radical (unpaired) electrons. The van der Waals surface area contributed by atoms with Crippen LogP contribution >= 0.6 is 0 Å². The van der Waals surface area contributed by atoms with E-state index in [-0.39, 0.29) is 6.04 Å². The number of hydrogen-bond acceptors (Lipinski definition) is 4. The monoisotopic (exact) mass is 147 g/mol. The van der Waals surface area contributed by atoms with Crippen molar-refractivity contribution < 1.29 is 15.3 Å². The molecule has 4 heteroatoms. The average Bonchev–Trinajstić information content (AvgIpc) is 2.14. The smallest absolute Gasteiger partial charge is 0.0989 e. The van der Waals surface area contributed by atoms with Gasteiger partial charge in [-0.05, 0) is 6.92 Å². The Balaban J connectivity index is 2.49. The summed E-state index contributed by atoms with van der Waals surface area (Å²) in [5.41, 5.74) is 0. The van der Waals surface area contributed by atoms with Crippen LogP contribution in [0.15, 0.2) is 0 Å². The first-order valence-electron chi connectivity index (χ1n) is 3.40. The Morgan fingerprint density at radius 2 is 2.10 bits per heavy atom. The largest absolute Gasteiger partial charge is 0.392 e. The Labute approximate surface area is 59.5 Å². The molecule has 0 aliphatic carbocycles. The maximum atomic E-state index is 9.16. The second-order valence-electron chi connectivity index (χ2n) is 2.73. The molecule has 1 aliphatic rings. The molecule has 1 fully saturated rings. The topological polar surface area (TPSA) is 72.7 Å². The Hall–Kier alpha value is -0.160. The summed E-state index contributed by atoms with van der Waals surface area (Å²) in [7, 11) is 0. The van der Waals surface area contributed by atoms with Gasteiger partial charge in [-0.1, -0.05) is 0 Å². The summed E-state index contributed by atoms with van der Waals surface area (Å²) in [4.78, 5) is 0. The molecule has 10 heavy (non-hydrogen) atoms. The Bertz CT molecular complexity index is 118. The lowest BCUT2D eigenvalue weighted by Gasteiger charge is -2.18. The third kappa shape index (κ3) is 1.29. The molecule has 0 saturated carbocycles. The van der Waals surface area contributed by atoms with Crippen LogP contribution in [-0.4, -0.2) is 46.2 Å². The zero-order valence-electron chi connectivity index (χ0n) is 5.86. The first kappa shape index (κ1) is 7.94. The molecule has 4 N–H and O–H groups in total. The lowest BCUT2D eigenvalue weighted by molar-refractivity contribution is 0.0114. The fourth-order valence-electron chi connectivity index (χ4n) is 1.19. The van der Waals surface area contributed by atoms with Gasteiger partial charge in [0.2, 0.25) is 0 Å². The van der Waals surface area contributed by atoms with Crippen LogP contribution in [0.3, 0.4) is 0 Å². The van der Waals surface area contributed by atoms with Gasteiger partial charge < -0.3 is 20.6 Å². The number of rotatable bonds is 1. The maximum Gasteiger partial charge on any atom is 0.0989 e. The van der Waals surface area contributed by atoms with E-state index in [2.05, 4.69) is 5.32 Å². The standard InChI is InChI=1S/C6H13NO3/c1-3(8)5-6(10)4(9)2-7-5/h3-10H,2H2,1H3/t3-,4-,5?,6-/m1/s1. The molecule has 0 bridgehead atoms. The van der Waals surface area contributed by atoms with E-state index in [4.69, 9.17) is 15.3 Å². The van der Waals surface area contributed by atoms with E-state index in [1.165, 1.54) is 0 Å². The Kier molecular flexibility index (Phi) is 2.25. The van der Waals surface area contributed by atoms with E-state index in [0.717, 1.165) is 0 Å². The predicted octanol–water partition coefficient (Wildman–Crippen LogP) is -1.94. The fourth-order valence-corrected chi connectivity index (χ4v) is 1.19. The van der Waals surface area contributed by atoms with Crippen LogP contribution in [0, 0.1) is 0 Å². The molecule has 4 nitrogen and oxygen atoms in total. The second-order valence-corrected chi connectivity index (χ2v) is 2.73. The minimum absolute atomic E-state index is 0.358. The highest BCUT2D eigenvalue weighted by Gasteiger charge is 2.35. The van der Waals surface area contributed by atoms with Crippen LogP contribution in [-0.2, 0) is 0 Å². The van der Waals surface area contributed by atoms with E-state index >= 15 is 0 Å². The molecule has 60 valence electrons. The molecule has 0 amide bonds. The number of aliphatic hydroxyl groups excluding tert-OH is 3. The van der Waals surface area contributed by atoms with Crippen LogP contribution in [0.1, 0.15) is 6.92 Å². The van der Waals surface area contributed by atoms with Gasteiger partial charge in [0, 0.05) is 6.54 Å². The maximum absolute atomic E-state index is 9.16. The summed E-state index contributed by atoms with van der Waals surface area (Å²) >= 11 is 0. The molecule has 4 atom stereocenters. The van der Waals surface area contributed by atoms with Gasteiger partial charge >= 0.3 is 0 Å². The lowest BCUT2D eigenvalue weighted by atomic mass is 10.1. The van der Waals surface area contributed by atoms with Crippen molar-refractivity contribution in [2.45, 2.75) is 31.3 Å². The van der Waals surface area contributed by atoms with Crippen molar-refractivity contribution in [1.82, 2.24) is 5.32 Å². The van der Waals surface area contributed by atoms with Gasteiger partial charge in [-0.3, -0.25) is 0 Å². The van der Waals surface area contributed by atoms with Gasteiger partial charge in [0.05, 0.1) is 24.4 Å². The van der Waals surface area contributed by atoms with Crippen molar-refractivity contribution >= 4 is 0 Å². The summed E-state index contributed by atoms with van der Waals surface area (Å²) in [6, 6.07) is -0.380. The Morgan fingerprint density at radius 3 is 2.30 bits per heavy atom. The molecule has 1 saturated heterocycles. The zero-order chi connectivity index (χ0) is 7.72. The highest BCUT2D eigenvalue weighted by atomic mass is 16.3. The summed E-state index contributed by atoms with van der Waals surface area (Å²) in [5.74, 6) is 0. The highest BCUT2D eigenvalue weighted by molar-refractivity contribution is 4.92. The predicted molar refractivity (Wildman–Crippen MR) is 35.5 cm³/mol. The molecular formula is C6H13NO3. The molecule has 1 unspecified atom stereocenters. The third-order valence-corrected chi connectivity index (χ3v) is 1.84. The quantitative estimate of drug-likeness (QED) is 0.348. The molecule has 0 aromatic rings. The highest BCUT2D eigenvalue weighted by Crippen LogP contribution is 2.10. The lowest BCUT2D eigenvalue weighted by Crippen LogP contribution is -2.41. The van der Waals surface area contributed by atoms with Gasteiger partial charge in [0.15, 0.2) is 0 Å². The van der Waals surface area contributed by atoms with Crippen LogP contribution in [0.4, 0.5) is 0 Å². The van der Waals surface area contributed by atoms with Crippen LogP contribution in [0.25, 0.3) is 0 Å². The minimum Gasteiger partial charge on any atom is -0.392 e. The van der Waals surface area contributed by atoms with Crippen molar-refractivity contribution in [1.29, 1.82) is 0 Å². The number of nitrogens with one attached hydrogen (secondary N) is 1. The van der Waals surface area contributed by atoms with Crippen molar-refractivity contribution in [3.8, 4) is 0 Å². The normalized spacial score (nSPS) is 43.8. The molecule has 1 rings (SSSR count). The van der Waals surface area contributed by atoms with Crippen molar-refractivity contribution in [2.75, 3.05) is 6.54 Å². The average molecular weight is 147 g/mol. The van der Waals surface area contributed by atoms with Crippen LogP contribution < -0.4 is 5.32 Å². The van der Waals surface area contributed by atoms with E-state index in [1.54, 1.807) is 6.92 Å². The van der Waals surface area contributed by atoms with Gasteiger partial charge in [-0.15, -0.1) is 0 Å². The number of hydrogen-bond donors (Lipinski definition) is 4. The van der Waals surface area contributed by atoms with E-state index in [1.807, 2.05) is 0 Å². The Morgan fingerprint density at radius 1 is 1.50 bits per heavy atom. The SMILES string of the molecule is C[C@@H](O)C1NC[C@@H](O)[C@H]1O. The van der Waals surface area contributed by atoms with E-state index in [0.29, 0.717) is 6.54 Å². The molecule has 0 aromatic carbocycles. The van der Waals surface area contributed by atoms with Crippen LogP contribution in [0.2, 0.25) is 0 Å². The molecule has 0 spiro atoms. The summed E-state index contributed by atoms with van der Waals surface area (Å²) in [5, 5.41) is 30.0. The zero-order valence-corrected chi connectivity index (χ0v) is 5.86. The minimum atomic E-state index is -0.833. The third-order valence-electron chi connectivity index (χ3n) is 1.84. The van der Waals surface area contributed by atoms with Crippen LogP contribution in [0.5, 0.6) is 0 Å². The van der Waals surface area contributed by atoms with Gasteiger partial charge in [0.1, 0.15) is 0 Å². The second kappa shape index (κ2) is 2.84. The first-order chi connectivity index (χ1) is 4.63. The van der Waals surface area contributed by atoms with Gasteiger partial charge in [-0.25, -0.2) is 0 Å². The molecule has 0 aromatic heterocycles. The van der Waals surface area contributed by atoms with E-state index < -0.39 is 18.3 Å². The number of aliphatic hydroxyl groups is 3. The molecule has 1 heterocycles. The van der Waals surface area contributed by atoms with Crippen molar-refractivity contribution in [2.24, 2.45) is 0 Å². The number of β-amino-alcohol motifs (C(OH)–C–C–N with tert-alkyl or cyclic N) is 1. The summed E-state index contributed by atoms with van der Waals surface area (Å²) < 4.78 is 0. The van der Waals surface area contributed by atoms with E-state index in [9.17, 15) is 0 Å². The van der Waals surface area contributed by atoms with Crippen molar-refractivity contribution in [3.05, 3.63) is 0 Å². The summed E-state index contributed by atoms with van der Waals surface area (Å²) in [6.07, 6.45) is -2.19. The molecular weight excluding hydrogens is 134 g/mol. The summed E-state index contributed by atoms with van der Waals surface area (Å²) in [6.45, 7) is 1.94. The van der Waals surface area contributed by atoms with Crippen molar-refractivity contribution in [3.63, 3.8) is 0 Å². The van der Waals surface area contributed by atoms with Gasteiger partial charge in [0.25, 0.3) is 0 Å². The molecule has 1 aliphatic heterocycles. The van der Waals surface area contributed by atoms with Gasteiger partial charge in [-0.2, -0.15) is 0 Å². The first-order valence-corrected chi connectivity index (χ1v) is 3.40. The fraction of sp³-hybridized carbons (Fsp3) is 1.00.